The third-order valence-electron chi connectivity index (χ3n) is 2.69. The molecule has 0 aliphatic rings. The smallest absolute Gasteiger partial charge is 0.124 e. The van der Waals surface area contributed by atoms with Crippen LogP contribution in [0.1, 0.15) is 5.56 Å². The zero-order chi connectivity index (χ0) is 15.0. The molecule has 0 aliphatic heterocycles. The van der Waals surface area contributed by atoms with Crippen molar-refractivity contribution in [2.45, 2.75) is 6.54 Å². The maximum atomic E-state index is 13.6. The average Bonchev–Trinajstić information content (AvgIpc) is 2.42. The van der Waals surface area contributed by atoms with E-state index in [0.29, 0.717) is 16.7 Å². The standard InChI is InChI=1S/C13H7Cl5FN/c14-9-8(10(15)12(17)13(18)11(9)16)6-1-5(4-20)2-7(19)3-6/h1-3H,4,20H2. The summed E-state index contributed by atoms with van der Waals surface area (Å²) < 4.78 is 13.6. The second-order valence-electron chi connectivity index (χ2n) is 4.00. The zero-order valence-corrected chi connectivity index (χ0v) is 13.6. The van der Waals surface area contributed by atoms with Crippen LogP contribution in [-0.4, -0.2) is 0 Å². The van der Waals surface area contributed by atoms with Crippen molar-refractivity contribution in [1.82, 2.24) is 0 Å². The first-order valence-electron chi connectivity index (χ1n) is 5.38. The number of halogens is 6. The molecule has 7 heteroatoms. The van der Waals surface area contributed by atoms with Crippen LogP contribution in [0, 0.1) is 5.82 Å². The molecule has 1 nitrogen and oxygen atoms in total. The number of hydrogen-bond acceptors (Lipinski definition) is 1. The van der Waals surface area contributed by atoms with Crippen LogP contribution in [0.3, 0.4) is 0 Å². The molecule has 0 atom stereocenters. The van der Waals surface area contributed by atoms with E-state index in [2.05, 4.69) is 0 Å². The molecule has 2 rings (SSSR count). The molecule has 0 radical (unpaired) electrons. The van der Waals surface area contributed by atoms with E-state index in [1.807, 2.05) is 0 Å². The second-order valence-corrected chi connectivity index (χ2v) is 5.89. The molecule has 0 heterocycles. The van der Waals surface area contributed by atoms with Crippen molar-refractivity contribution in [1.29, 1.82) is 0 Å². The summed E-state index contributed by atoms with van der Waals surface area (Å²) in [6.07, 6.45) is 0. The van der Waals surface area contributed by atoms with Crippen molar-refractivity contribution in [3.8, 4) is 11.1 Å². The molecule has 0 saturated carbocycles. The van der Waals surface area contributed by atoms with Gasteiger partial charge in [0, 0.05) is 12.1 Å². The van der Waals surface area contributed by atoms with Gasteiger partial charge in [0.2, 0.25) is 0 Å². The molecular formula is C13H7Cl5FN. The third-order valence-corrected chi connectivity index (χ3v) is 4.97. The maximum absolute atomic E-state index is 13.6. The fraction of sp³-hybridized carbons (Fsp3) is 0.0769. The van der Waals surface area contributed by atoms with Gasteiger partial charge < -0.3 is 5.73 Å². The Hall–Kier alpha value is -0.220. The normalized spacial score (nSPS) is 10.9. The Labute approximate surface area is 140 Å². The summed E-state index contributed by atoms with van der Waals surface area (Å²) in [5.41, 5.74) is 6.86. The minimum absolute atomic E-state index is 0.0579. The van der Waals surface area contributed by atoms with E-state index in [4.69, 9.17) is 63.7 Å². The Bertz CT molecular complexity index is 658. The van der Waals surface area contributed by atoms with Crippen LogP contribution in [0.15, 0.2) is 18.2 Å². The molecular weight excluding hydrogens is 366 g/mol. The van der Waals surface area contributed by atoms with Crippen molar-refractivity contribution in [3.05, 3.63) is 54.7 Å². The highest BCUT2D eigenvalue weighted by Gasteiger charge is 2.21. The van der Waals surface area contributed by atoms with Gasteiger partial charge >= 0.3 is 0 Å². The van der Waals surface area contributed by atoms with Crippen molar-refractivity contribution in [3.63, 3.8) is 0 Å². The summed E-state index contributed by atoms with van der Waals surface area (Å²) in [6, 6.07) is 4.26. The fourth-order valence-electron chi connectivity index (χ4n) is 1.77. The van der Waals surface area contributed by atoms with Crippen LogP contribution in [0.4, 0.5) is 4.39 Å². The summed E-state index contributed by atoms with van der Waals surface area (Å²) >= 11 is 30.2. The monoisotopic (exact) mass is 371 g/mol. The lowest BCUT2D eigenvalue weighted by molar-refractivity contribution is 0.626. The first kappa shape index (κ1) is 16.2. The number of nitrogens with two attached hydrogens (primary N) is 1. The highest BCUT2D eigenvalue weighted by molar-refractivity contribution is 6.56. The van der Waals surface area contributed by atoms with E-state index in [9.17, 15) is 4.39 Å². The van der Waals surface area contributed by atoms with Gasteiger partial charge in [0.25, 0.3) is 0 Å². The molecule has 106 valence electrons. The lowest BCUT2D eigenvalue weighted by atomic mass is 10.0. The topological polar surface area (TPSA) is 26.0 Å². The van der Waals surface area contributed by atoms with Gasteiger partial charge in [-0.2, -0.15) is 0 Å². The lowest BCUT2D eigenvalue weighted by Gasteiger charge is -2.13. The Morgan fingerprint density at radius 2 is 1.30 bits per heavy atom. The average molecular weight is 373 g/mol. The van der Waals surface area contributed by atoms with Gasteiger partial charge in [-0.25, -0.2) is 4.39 Å². The SMILES string of the molecule is NCc1cc(F)cc(-c2c(Cl)c(Cl)c(Cl)c(Cl)c2Cl)c1. The molecule has 20 heavy (non-hydrogen) atoms. The summed E-state index contributed by atoms with van der Waals surface area (Å²) in [7, 11) is 0. The maximum Gasteiger partial charge on any atom is 0.124 e. The molecule has 0 bridgehead atoms. The van der Waals surface area contributed by atoms with Crippen LogP contribution in [0.25, 0.3) is 11.1 Å². The molecule has 0 aliphatic carbocycles. The number of rotatable bonds is 2. The quantitative estimate of drug-likeness (QED) is 0.491. The Morgan fingerprint density at radius 3 is 1.80 bits per heavy atom. The first-order valence-corrected chi connectivity index (χ1v) is 7.27. The van der Waals surface area contributed by atoms with Crippen LogP contribution in [0.5, 0.6) is 0 Å². The molecule has 0 unspecified atom stereocenters. The highest BCUT2D eigenvalue weighted by Crippen LogP contribution is 2.48. The third kappa shape index (κ3) is 2.87. The van der Waals surface area contributed by atoms with Gasteiger partial charge in [0.15, 0.2) is 0 Å². The summed E-state index contributed by atoms with van der Waals surface area (Å²) in [4.78, 5) is 0. The summed E-state index contributed by atoms with van der Waals surface area (Å²) in [6.45, 7) is 0.176. The Kier molecular flexibility index (Phi) is 5.06. The molecule has 0 spiro atoms. The van der Waals surface area contributed by atoms with Gasteiger partial charge in [-0.05, 0) is 29.3 Å². The van der Waals surface area contributed by atoms with E-state index < -0.39 is 5.82 Å². The second kappa shape index (κ2) is 6.27. The van der Waals surface area contributed by atoms with Crippen molar-refractivity contribution in [2.24, 2.45) is 5.73 Å². The van der Waals surface area contributed by atoms with Gasteiger partial charge in [-0.15, -0.1) is 0 Å². The Morgan fingerprint density at radius 1 is 0.800 bits per heavy atom. The van der Waals surface area contributed by atoms with E-state index in [-0.39, 0.29) is 31.7 Å². The zero-order valence-electron chi connectivity index (χ0n) is 9.78. The fourth-order valence-corrected chi connectivity index (χ4v) is 3.13. The molecule has 0 amide bonds. The number of hydrogen-bond donors (Lipinski definition) is 1. The van der Waals surface area contributed by atoms with Gasteiger partial charge in [-0.1, -0.05) is 58.0 Å². The molecule has 2 N–H and O–H groups in total. The minimum Gasteiger partial charge on any atom is -0.326 e. The van der Waals surface area contributed by atoms with E-state index in [0.717, 1.165) is 0 Å². The largest absolute Gasteiger partial charge is 0.326 e. The summed E-state index contributed by atoms with van der Waals surface area (Å²) in [5, 5.41) is 0.411. The molecule has 0 saturated heterocycles. The van der Waals surface area contributed by atoms with E-state index in [1.54, 1.807) is 6.07 Å². The predicted octanol–water partition coefficient (Wildman–Crippen LogP) is 6.22. The van der Waals surface area contributed by atoms with Gasteiger partial charge in [0.05, 0.1) is 25.1 Å². The van der Waals surface area contributed by atoms with Crippen LogP contribution in [-0.2, 0) is 6.54 Å². The lowest BCUT2D eigenvalue weighted by Crippen LogP contribution is -1.98. The van der Waals surface area contributed by atoms with E-state index >= 15 is 0 Å². The van der Waals surface area contributed by atoms with Crippen LogP contribution < -0.4 is 5.73 Å². The van der Waals surface area contributed by atoms with Crippen molar-refractivity contribution in [2.75, 3.05) is 0 Å². The number of benzene rings is 2. The van der Waals surface area contributed by atoms with Gasteiger partial charge in [0.1, 0.15) is 5.82 Å². The Balaban J connectivity index is 2.79. The van der Waals surface area contributed by atoms with E-state index in [1.165, 1.54) is 12.1 Å². The van der Waals surface area contributed by atoms with Crippen molar-refractivity contribution < 1.29 is 4.39 Å². The van der Waals surface area contributed by atoms with Crippen LogP contribution in [0.2, 0.25) is 25.1 Å². The minimum atomic E-state index is -0.461. The molecule has 0 fully saturated rings. The first-order chi connectivity index (χ1) is 9.36. The highest BCUT2D eigenvalue weighted by atomic mass is 35.5. The van der Waals surface area contributed by atoms with Crippen LogP contribution >= 0.6 is 58.0 Å². The summed E-state index contributed by atoms with van der Waals surface area (Å²) in [5.74, 6) is -0.461. The molecule has 2 aromatic rings. The predicted molar refractivity (Wildman–Crippen MR) is 84.8 cm³/mol. The molecule has 2 aromatic carbocycles. The van der Waals surface area contributed by atoms with Crippen molar-refractivity contribution >= 4 is 58.0 Å². The molecule has 0 aromatic heterocycles. The van der Waals surface area contributed by atoms with Gasteiger partial charge in [-0.3, -0.25) is 0 Å².